The second-order valence-electron chi connectivity index (χ2n) is 8.66. The van der Waals surface area contributed by atoms with Crippen molar-refractivity contribution in [2.24, 2.45) is 5.73 Å². The van der Waals surface area contributed by atoms with Crippen LogP contribution in [0, 0.1) is 5.82 Å². The fourth-order valence-corrected chi connectivity index (χ4v) is 4.64. The third-order valence-electron chi connectivity index (χ3n) is 6.39. The lowest BCUT2D eigenvalue weighted by Crippen LogP contribution is -2.45. The van der Waals surface area contributed by atoms with Crippen molar-refractivity contribution in [3.63, 3.8) is 0 Å². The molecule has 0 bridgehead atoms. The standard InChI is InChI=1S/C25H27F4N3O3/c1-34-22-7-5-18(24(30)33)20-12-17(14-35-23(20)22)32(10-8-25(27,28)29)9-2-3-15-13-31-21-6-4-16(26)11-19(15)21/h4-7,11,13,17,31H,2-3,8-10,12,14H2,1H3,(H2,30,33). The summed E-state index contributed by atoms with van der Waals surface area (Å²) in [5.41, 5.74) is 8.04. The summed E-state index contributed by atoms with van der Waals surface area (Å²) < 4.78 is 64.1. The number of nitrogens with two attached hydrogens (primary N) is 1. The Bertz CT molecular complexity index is 1210. The van der Waals surface area contributed by atoms with Crippen LogP contribution in [0.1, 0.15) is 34.3 Å². The summed E-state index contributed by atoms with van der Waals surface area (Å²) in [4.78, 5) is 16.8. The van der Waals surface area contributed by atoms with Gasteiger partial charge in [0.1, 0.15) is 12.4 Å². The molecule has 4 rings (SSSR count). The second-order valence-corrected chi connectivity index (χ2v) is 8.66. The number of hydrogen-bond donors (Lipinski definition) is 2. The third kappa shape index (κ3) is 5.70. The highest BCUT2D eigenvalue weighted by Gasteiger charge is 2.33. The molecule has 188 valence electrons. The van der Waals surface area contributed by atoms with Gasteiger partial charge in [-0.15, -0.1) is 0 Å². The van der Waals surface area contributed by atoms with E-state index in [-0.39, 0.29) is 30.6 Å². The summed E-state index contributed by atoms with van der Waals surface area (Å²) in [7, 11) is 1.47. The molecule has 0 fully saturated rings. The molecule has 1 aliphatic heterocycles. The molecule has 0 spiro atoms. The maximum Gasteiger partial charge on any atom is 0.390 e. The number of ether oxygens (including phenoxy) is 2. The fraction of sp³-hybridized carbons (Fsp3) is 0.400. The number of fused-ring (bicyclic) bond motifs is 2. The lowest BCUT2D eigenvalue weighted by molar-refractivity contribution is -0.139. The topological polar surface area (TPSA) is 80.6 Å². The number of H-pyrrole nitrogens is 1. The molecule has 10 heteroatoms. The first-order valence-electron chi connectivity index (χ1n) is 11.3. The van der Waals surface area contributed by atoms with Crippen molar-refractivity contribution >= 4 is 16.8 Å². The summed E-state index contributed by atoms with van der Waals surface area (Å²) >= 11 is 0. The summed E-state index contributed by atoms with van der Waals surface area (Å²) in [5, 5.41) is 0.764. The number of rotatable bonds is 9. The van der Waals surface area contributed by atoms with E-state index in [2.05, 4.69) is 4.98 Å². The van der Waals surface area contributed by atoms with Gasteiger partial charge in [0.2, 0.25) is 5.91 Å². The largest absolute Gasteiger partial charge is 0.493 e. The van der Waals surface area contributed by atoms with Gasteiger partial charge in [0.15, 0.2) is 11.5 Å². The summed E-state index contributed by atoms with van der Waals surface area (Å²) in [6.45, 7) is 0.324. The molecule has 1 aromatic heterocycles. The van der Waals surface area contributed by atoms with Gasteiger partial charge in [-0.25, -0.2) is 4.39 Å². The van der Waals surface area contributed by atoms with Gasteiger partial charge in [0.25, 0.3) is 0 Å². The van der Waals surface area contributed by atoms with Gasteiger partial charge in [-0.1, -0.05) is 0 Å². The van der Waals surface area contributed by atoms with Crippen LogP contribution in [0.2, 0.25) is 0 Å². The molecule has 1 atom stereocenters. The maximum atomic E-state index is 13.7. The van der Waals surface area contributed by atoms with Crippen molar-refractivity contribution in [1.82, 2.24) is 9.88 Å². The summed E-state index contributed by atoms with van der Waals surface area (Å²) in [6.07, 6.45) is -2.03. The molecule has 2 aromatic carbocycles. The minimum atomic E-state index is -4.30. The number of nitrogens with zero attached hydrogens (tertiary/aromatic N) is 1. The first-order chi connectivity index (χ1) is 16.7. The molecule has 1 aliphatic rings. The van der Waals surface area contributed by atoms with Crippen LogP contribution >= 0.6 is 0 Å². The Balaban J connectivity index is 1.52. The highest BCUT2D eigenvalue weighted by atomic mass is 19.4. The molecule has 0 aliphatic carbocycles. The number of alkyl halides is 3. The van der Waals surface area contributed by atoms with Crippen molar-refractivity contribution in [3.05, 3.63) is 59.0 Å². The minimum absolute atomic E-state index is 0.154. The Kier molecular flexibility index (Phi) is 7.20. The van der Waals surface area contributed by atoms with Crippen LogP contribution in [0.5, 0.6) is 11.5 Å². The first kappa shape index (κ1) is 24.8. The molecule has 0 saturated carbocycles. The summed E-state index contributed by atoms with van der Waals surface area (Å²) in [6, 6.07) is 7.23. The van der Waals surface area contributed by atoms with E-state index in [4.69, 9.17) is 15.2 Å². The first-order valence-corrected chi connectivity index (χ1v) is 11.3. The van der Waals surface area contributed by atoms with Crippen LogP contribution in [0.15, 0.2) is 36.5 Å². The number of aryl methyl sites for hydroxylation is 1. The molecular formula is C25H27F4N3O3. The smallest absolute Gasteiger partial charge is 0.390 e. The Morgan fingerprint density at radius 3 is 2.77 bits per heavy atom. The zero-order valence-electron chi connectivity index (χ0n) is 19.3. The van der Waals surface area contributed by atoms with Crippen LogP contribution in [-0.2, 0) is 12.8 Å². The maximum absolute atomic E-state index is 13.7. The zero-order valence-corrected chi connectivity index (χ0v) is 19.3. The van der Waals surface area contributed by atoms with E-state index in [0.717, 1.165) is 16.5 Å². The highest BCUT2D eigenvalue weighted by molar-refractivity contribution is 5.95. The average Bonchev–Trinajstić information content (AvgIpc) is 3.21. The van der Waals surface area contributed by atoms with E-state index >= 15 is 0 Å². The minimum Gasteiger partial charge on any atom is -0.493 e. The van der Waals surface area contributed by atoms with Gasteiger partial charge in [-0.2, -0.15) is 13.2 Å². The van der Waals surface area contributed by atoms with E-state index < -0.39 is 18.5 Å². The predicted molar refractivity (Wildman–Crippen MR) is 123 cm³/mol. The van der Waals surface area contributed by atoms with Crippen LogP contribution in [0.4, 0.5) is 17.6 Å². The Morgan fingerprint density at radius 2 is 2.06 bits per heavy atom. The highest BCUT2D eigenvalue weighted by Crippen LogP contribution is 2.38. The fourth-order valence-electron chi connectivity index (χ4n) is 4.64. The molecule has 0 radical (unpaired) electrons. The third-order valence-corrected chi connectivity index (χ3v) is 6.39. The van der Waals surface area contributed by atoms with Gasteiger partial charge in [0.05, 0.1) is 13.5 Å². The van der Waals surface area contributed by atoms with Gasteiger partial charge in [-0.05, 0) is 61.7 Å². The number of halogens is 4. The molecule has 1 amide bonds. The van der Waals surface area contributed by atoms with Crippen molar-refractivity contribution in [1.29, 1.82) is 0 Å². The van der Waals surface area contributed by atoms with Crippen molar-refractivity contribution in [2.45, 2.75) is 37.9 Å². The quantitative estimate of drug-likeness (QED) is 0.427. The number of hydrogen-bond acceptors (Lipinski definition) is 4. The summed E-state index contributed by atoms with van der Waals surface area (Å²) in [5.74, 6) is -0.140. The zero-order chi connectivity index (χ0) is 25.2. The monoisotopic (exact) mass is 493 g/mol. The number of nitrogens with one attached hydrogen (secondary N) is 1. The van der Waals surface area contributed by atoms with E-state index in [1.807, 2.05) is 0 Å². The molecule has 0 saturated heterocycles. The molecule has 2 heterocycles. The van der Waals surface area contributed by atoms with Crippen molar-refractivity contribution < 1.29 is 31.8 Å². The Hall–Kier alpha value is -3.27. The second kappa shape index (κ2) is 10.2. The van der Waals surface area contributed by atoms with E-state index in [1.165, 1.54) is 19.2 Å². The van der Waals surface area contributed by atoms with Gasteiger partial charge < -0.3 is 20.2 Å². The van der Waals surface area contributed by atoms with E-state index in [9.17, 15) is 22.4 Å². The molecule has 6 nitrogen and oxygen atoms in total. The van der Waals surface area contributed by atoms with Gasteiger partial charge in [-0.3, -0.25) is 9.69 Å². The van der Waals surface area contributed by atoms with Crippen LogP contribution in [0.25, 0.3) is 10.9 Å². The average molecular weight is 494 g/mol. The van der Waals surface area contributed by atoms with Crippen LogP contribution in [-0.4, -0.2) is 54.8 Å². The predicted octanol–water partition coefficient (Wildman–Crippen LogP) is 4.61. The molecule has 1 unspecified atom stereocenters. The number of primary amides is 1. The number of methoxy groups -OCH3 is 1. The van der Waals surface area contributed by atoms with Crippen molar-refractivity contribution in [2.75, 3.05) is 26.8 Å². The number of aromatic nitrogens is 1. The van der Waals surface area contributed by atoms with E-state index in [1.54, 1.807) is 29.3 Å². The normalized spacial score (nSPS) is 15.8. The van der Waals surface area contributed by atoms with Crippen LogP contribution in [0.3, 0.4) is 0 Å². The molecule has 35 heavy (non-hydrogen) atoms. The number of carbonyl (C=O) groups is 1. The van der Waals surface area contributed by atoms with Gasteiger partial charge in [0, 0.05) is 40.8 Å². The lowest BCUT2D eigenvalue weighted by Gasteiger charge is -2.36. The Labute approximate surface area is 200 Å². The SMILES string of the molecule is COc1ccc(C(N)=O)c2c1OCC(N(CCCc1c[nH]c3ccc(F)cc13)CCC(F)(F)F)C2. The lowest BCUT2D eigenvalue weighted by atomic mass is 9.95. The number of amides is 1. The molecule has 3 N–H and O–H groups in total. The van der Waals surface area contributed by atoms with Gasteiger partial charge >= 0.3 is 6.18 Å². The number of carbonyl (C=O) groups excluding carboxylic acids is 1. The molecular weight excluding hydrogens is 466 g/mol. The number of aromatic amines is 1. The van der Waals surface area contributed by atoms with E-state index in [0.29, 0.717) is 42.9 Å². The molecule has 3 aromatic rings. The van der Waals surface area contributed by atoms with Crippen molar-refractivity contribution in [3.8, 4) is 11.5 Å². The number of benzene rings is 2. The Morgan fingerprint density at radius 1 is 1.26 bits per heavy atom. The van der Waals surface area contributed by atoms with Crippen LogP contribution < -0.4 is 15.2 Å².